The molecule has 1 aromatic heterocycles. The van der Waals surface area contributed by atoms with Gasteiger partial charge in [0.15, 0.2) is 0 Å². The first-order valence-electron chi connectivity index (χ1n) is 9.24. The molecule has 8 nitrogen and oxygen atoms in total. The third-order valence-corrected chi connectivity index (χ3v) is 7.42. The monoisotopic (exact) mass is 443 g/mol. The topological polar surface area (TPSA) is 121 Å². The van der Waals surface area contributed by atoms with Crippen LogP contribution in [-0.2, 0) is 17.1 Å². The number of anilines is 3. The molecule has 0 unspecified atom stereocenters. The average molecular weight is 443 g/mol. The summed E-state index contributed by atoms with van der Waals surface area (Å²) in [6, 6.07) is 4.14. The molecule has 0 aliphatic heterocycles. The Morgan fingerprint density at radius 2 is 1.90 bits per heavy atom. The number of benzene rings is 1. The molecule has 1 saturated carbocycles. The second-order valence-electron chi connectivity index (χ2n) is 7.53. The van der Waals surface area contributed by atoms with Crippen LogP contribution in [0.2, 0.25) is 0 Å². The lowest BCUT2D eigenvalue weighted by Crippen LogP contribution is -2.35. The molecule has 3 rings (SSSR count). The van der Waals surface area contributed by atoms with Crippen LogP contribution in [0, 0.1) is 18.6 Å². The largest absolute Gasteiger partial charge is 0.394 e. The van der Waals surface area contributed by atoms with Crippen molar-refractivity contribution in [3.63, 3.8) is 0 Å². The van der Waals surface area contributed by atoms with Crippen molar-refractivity contribution in [3.05, 3.63) is 51.8 Å². The number of aliphatic hydroxyl groups excluding tert-OH is 2. The van der Waals surface area contributed by atoms with Gasteiger partial charge in [-0.25, -0.2) is 17.2 Å². The number of halogens is 2. The van der Waals surface area contributed by atoms with E-state index in [9.17, 15) is 27.1 Å². The molecule has 1 fully saturated rings. The van der Waals surface area contributed by atoms with Crippen LogP contribution in [0.5, 0.6) is 0 Å². The smallest absolute Gasteiger partial charge is 0.254 e. The summed E-state index contributed by atoms with van der Waals surface area (Å²) in [5.41, 5.74) is -0.323. The van der Waals surface area contributed by atoms with Crippen LogP contribution >= 0.6 is 0 Å². The molecule has 0 amide bonds. The summed E-state index contributed by atoms with van der Waals surface area (Å²) in [5, 5.41) is 21.4. The second-order valence-corrected chi connectivity index (χ2v) is 9.61. The lowest BCUT2D eigenvalue weighted by molar-refractivity contribution is 0.0858. The molecule has 2 aromatic rings. The van der Waals surface area contributed by atoms with Gasteiger partial charge >= 0.3 is 0 Å². The van der Waals surface area contributed by atoms with E-state index in [0.717, 1.165) is 16.7 Å². The molecule has 0 saturated heterocycles. The molecule has 4 N–H and O–H groups in total. The molecule has 1 atom stereocenters. The molecule has 0 bridgehead atoms. The Labute approximate surface area is 172 Å². The van der Waals surface area contributed by atoms with Gasteiger partial charge in [0.05, 0.1) is 28.8 Å². The van der Waals surface area contributed by atoms with E-state index in [1.165, 1.54) is 20.0 Å². The van der Waals surface area contributed by atoms with Crippen molar-refractivity contribution >= 4 is 27.2 Å². The number of aliphatic hydroxyl groups is 2. The molecule has 0 radical (unpaired) electrons. The van der Waals surface area contributed by atoms with Gasteiger partial charge in [0.2, 0.25) is 10.0 Å². The number of nitrogens with one attached hydrogen (secondary N) is 2. The van der Waals surface area contributed by atoms with Crippen molar-refractivity contribution in [2.45, 2.75) is 37.0 Å². The van der Waals surface area contributed by atoms with E-state index >= 15 is 0 Å². The molecule has 1 heterocycles. The molecule has 1 aliphatic rings. The van der Waals surface area contributed by atoms with E-state index in [0.29, 0.717) is 18.9 Å². The molecule has 0 spiro atoms. The highest BCUT2D eigenvalue weighted by molar-refractivity contribution is 7.94. The Kier molecular flexibility index (Phi) is 5.89. The zero-order valence-corrected chi connectivity index (χ0v) is 17.3. The van der Waals surface area contributed by atoms with Gasteiger partial charge < -0.3 is 15.5 Å². The highest BCUT2D eigenvalue weighted by Gasteiger charge is 2.55. The highest BCUT2D eigenvalue weighted by Crippen LogP contribution is 2.48. The van der Waals surface area contributed by atoms with Gasteiger partial charge in [-0.1, -0.05) is 0 Å². The number of pyridine rings is 1. The number of nitrogens with zero attached hydrogens (tertiary/aromatic N) is 1. The number of sulfonamides is 1. The number of aromatic nitrogens is 1. The van der Waals surface area contributed by atoms with Gasteiger partial charge in [0.1, 0.15) is 17.5 Å². The minimum Gasteiger partial charge on any atom is -0.394 e. The minimum atomic E-state index is -4.02. The second kappa shape index (κ2) is 7.97. The first kappa shape index (κ1) is 22.2. The summed E-state index contributed by atoms with van der Waals surface area (Å²) < 4.78 is 55.7. The quantitative estimate of drug-likeness (QED) is 0.493. The van der Waals surface area contributed by atoms with Crippen molar-refractivity contribution in [2.24, 2.45) is 7.05 Å². The lowest BCUT2D eigenvalue weighted by atomic mass is 10.2. The van der Waals surface area contributed by atoms with Crippen LogP contribution in [0.3, 0.4) is 0 Å². The third-order valence-electron chi connectivity index (χ3n) is 5.22. The van der Waals surface area contributed by atoms with Crippen molar-refractivity contribution in [3.8, 4) is 0 Å². The van der Waals surface area contributed by atoms with Crippen LogP contribution in [0.1, 0.15) is 24.8 Å². The van der Waals surface area contributed by atoms with Crippen molar-refractivity contribution in [1.29, 1.82) is 0 Å². The van der Waals surface area contributed by atoms with E-state index in [1.54, 1.807) is 0 Å². The predicted octanol–water partition coefficient (Wildman–Crippen LogP) is 1.73. The highest BCUT2D eigenvalue weighted by atomic mass is 32.2. The Balaban J connectivity index is 2.01. The Bertz CT molecular complexity index is 1130. The molecule has 1 aromatic carbocycles. The Hall–Kier alpha value is -2.50. The summed E-state index contributed by atoms with van der Waals surface area (Å²) >= 11 is 0. The van der Waals surface area contributed by atoms with E-state index in [4.69, 9.17) is 5.11 Å². The maximum Gasteiger partial charge on any atom is 0.254 e. The number of hydrogen-bond donors (Lipinski definition) is 4. The first-order chi connectivity index (χ1) is 14.0. The van der Waals surface area contributed by atoms with Crippen LogP contribution in [0.4, 0.5) is 26.0 Å². The lowest BCUT2D eigenvalue weighted by Gasteiger charge is -2.23. The average Bonchev–Trinajstić information content (AvgIpc) is 3.45. The predicted molar refractivity (Wildman–Crippen MR) is 108 cm³/mol. The third kappa shape index (κ3) is 4.18. The minimum absolute atomic E-state index is 0.00286. The van der Waals surface area contributed by atoms with Gasteiger partial charge in [-0.05, 0) is 44.4 Å². The molecule has 30 heavy (non-hydrogen) atoms. The van der Waals surface area contributed by atoms with Crippen molar-refractivity contribution in [1.82, 2.24) is 4.57 Å². The standard InChI is InChI=1S/C19H23F2N3O5S/c1-11-7-16(23-30(28,29)19(5-6-19)9-13(26)10-25)17(24(2)18(11)27)22-15-4-3-12(20)8-14(15)21/h3-4,7-8,13,22-23,25-26H,5-6,9-10H2,1-2H3/t13-/m1/s1. The normalized spacial score (nSPS) is 16.2. The number of aryl methyl sites for hydroxylation is 1. The molecule has 11 heteroatoms. The van der Waals surface area contributed by atoms with Crippen LogP contribution in [-0.4, -0.2) is 40.7 Å². The number of rotatable bonds is 8. The van der Waals surface area contributed by atoms with Crippen molar-refractivity contribution in [2.75, 3.05) is 16.6 Å². The van der Waals surface area contributed by atoms with Crippen LogP contribution in [0.25, 0.3) is 0 Å². The Morgan fingerprint density at radius 3 is 2.47 bits per heavy atom. The Morgan fingerprint density at radius 1 is 1.23 bits per heavy atom. The summed E-state index contributed by atoms with van der Waals surface area (Å²) in [4.78, 5) is 12.4. The zero-order valence-electron chi connectivity index (χ0n) is 16.4. The van der Waals surface area contributed by atoms with Gasteiger partial charge in [0, 0.05) is 18.7 Å². The molecule has 1 aliphatic carbocycles. The zero-order chi connectivity index (χ0) is 22.3. The molecular formula is C19H23F2N3O5S. The maximum absolute atomic E-state index is 14.1. The van der Waals surface area contributed by atoms with Crippen LogP contribution < -0.4 is 15.6 Å². The summed E-state index contributed by atoms with van der Waals surface area (Å²) in [6.07, 6.45) is -0.713. The van der Waals surface area contributed by atoms with Gasteiger partial charge in [-0.2, -0.15) is 0 Å². The first-order valence-corrected chi connectivity index (χ1v) is 10.7. The van der Waals surface area contributed by atoms with Crippen LogP contribution in [0.15, 0.2) is 29.1 Å². The van der Waals surface area contributed by atoms with E-state index < -0.39 is 44.7 Å². The fourth-order valence-corrected chi connectivity index (χ4v) is 5.02. The van der Waals surface area contributed by atoms with E-state index in [2.05, 4.69) is 10.0 Å². The molecular weight excluding hydrogens is 420 g/mol. The van der Waals surface area contributed by atoms with Gasteiger partial charge in [-0.3, -0.25) is 14.1 Å². The van der Waals surface area contributed by atoms with E-state index in [1.807, 2.05) is 0 Å². The fraction of sp³-hybridized carbons (Fsp3) is 0.421. The van der Waals surface area contributed by atoms with E-state index in [-0.39, 0.29) is 29.2 Å². The number of hydrogen-bond acceptors (Lipinski definition) is 6. The van der Waals surface area contributed by atoms with Crippen molar-refractivity contribution < 1.29 is 27.4 Å². The van der Waals surface area contributed by atoms with Gasteiger partial charge in [0.25, 0.3) is 5.56 Å². The summed E-state index contributed by atoms with van der Waals surface area (Å²) in [5.74, 6) is -1.73. The SMILES string of the molecule is Cc1cc(NS(=O)(=O)C2(C[C@@H](O)CO)CC2)c(Nc2ccc(F)cc2F)n(C)c1=O. The van der Waals surface area contributed by atoms with Gasteiger partial charge in [-0.15, -0.1) is 0 Å². The summed E-state index contributed by atoms with van der Waals surface area (Å²) in [7, 11) is -2.63. The maximum atomic E-state index is 14.1. The summed E-state index contributed by atoms with van der Waals surface area (Å²) in [6.45, 7) is 0.942. The molecule has 164 valence electrons. The fourth-order valence-electron chi connectivity index (χ4n) is 3.31.